The predicted octanol–water partition coefficient (Wildman–Crippen LogP) is 4.21. The zero-order valence-corrected chi connectivity index (χ0v) is 17.0. The highest BCUT2D eigenvalue weighted by molar-refractivity contribution is 6.34. The molecule has 5 nitrogen and oxygen atoms in total. The SMILES string of the molecule is CCC(=O)N[C@@H]1CCCc2c(-c3cc(Cl)c4c(c3)CCC(=O)N4C)cncc21. The Morgan fingerprint density at radius 2 is 2.11 bits per heavy atom. The molecule has 1 aliphatic carbocycles. The second kappa shape index (κ2) is 7.55. The number of aromatic nitrogens is 1. The molecule has 2 amide bonds. The van der Waals surface area contributed by atoms with E-state index in [9.17, 15) is 9.59 Å². The summed E-state index contributed by atoms with van der Waals surface area (Å²) in [5.41, 5.74) is 6.34. The average Bonchev–Trinajstić information content (AvgIpc) is 2.70. The summed E-state index contributed by atoms with van der Waals surface area (Å²) in [4.78, 5) is 30.1. The third-order valence-corrected chi connectivity index (χ3v) is 6.10. The number of halogens is 1. The van der Waals surface area contributed by atoms with Gasteiger partial charge < -0.3 is 10.2 Å². The molecule has 1 N–H and O–H groups in total. The van der Waals surface area contributed by atoms with Crippen LogP contribution in [0.3, 0.4) is 0 Å². The van der Waals surface area contributed by atoms with E-state index in [4.69, 9.17) is 11.6 Å². The fraction of sp³-hybridized carbons (Fsp3) is 0.409. The van der Waals surface area contributed by atoms with Crippen molar-refractivity contribution in [3.05, 3.63) is 46.2 Å². The van der Waals surface area contributed by atoms with E-state index >= 15 is 0 Å². The first-order valence-corrected chi connectivity index (χ1v) is 10.2. The second-order valence-electron chi connectivity index (χ2n) is 7.54. The number of nitrogens with one attached hydrogen (secondary N) is 1. The lowest BCUT2D eigenvalue weighted by Gasteiger charge is -2.29. The molecule has 0 fully saturated rings. The van der Waals surface area contributed by atoms with E-state index in [1.165, 1.54) is 5.56 Å². The maximum Gasteiger partial charge on any atom is 0.227 e. The van der Waals surface area contributed by atoms with Crippen LogP contribution in [0.2, 0.25) is 5.02 Å². The van der Waals surface area contributed by atoms with Gasteiger partial charge in [-0.3, -0.25) is 14.6 Å². The number of pyridine rings is 1. The van der Waals surface area contributed by atoms with Crippen LogP contribution in [-0.2, 0) is 22.4 Å². The van der Waals surface area contributed by atoms with Crippen molar-refractivity contribution >= 4 is 29.1 Å². The summed E-state index contributed by atoms with van der Waals surface area (Å²) < 4.78 is 0. The van der Waals surface area contributed by atoms with E-state index < -0.39 is 0 Å². The molecule has 0 radical (unpaired) electrons. The van der Waals surface area contributed by atoms with E-state index in [0.29, 0.717) is 24.3 Å². The van der Waals surface area contributed by atoms with Crippen molar-refractivity contribution in [1.82, 2.24) is 10.3 Å². The lowest BCUT2D eigenvalue weighted by Crippen LogP contribution is -2.31. The molecule has 0 saturated carbocycles. The number of hydrogen-bond donors (Lipinski definition) is 1. The maximum atomic E-state index is 12.0. The van der Waals surface area contributed by atoms with E-state index in [1.807, 2.05) is 25.4 Å². The molecule has 4 rings (SSSR count). The van der Waals surface area contributed by atoms with Gasteiger partial charge in [0.2, 0.25) is 11.8 Å². The van der Waals surface area contributed by atoms with Gasteiger partial charge in [0.25, 0.3) is 0 Å². The van der Waals surface area contributed by atoms with Crippen LogP contribution in [-0.4, -0.2) is 23.8 Å². The van der Waals surface area contributed by atoms with Crippen LogP contribution < -0.4 is 10.2 Å². The van der Waals surface area contributed by atoms with Gasteiger partial charge in [0.05, 0.1) is 16.8 Å². The number of aryl methyl sites for hydroxylation is 1. The molecule has 0 saturated heterocycles. The van der Waals surface area contributed by atoms with Crippen molar-refractivity contribution < 1.29 is 9.59 Å². The van der Waals surface area contributed by atoms with Crippen molar-refractivity contribution in [2.75, 3.05) is 11.9 Å². The molecule has 6 heteroatoms. The van der Waals surface area contributed by atoms with E-state index in [0.717, 1.165) is 47.2 Å². The second-order valence-corrected chi connectivity index (χ2v) is 7.95. The highest BCUT2D eigenvalue weighted by Gasteiger charge is 2.27. The Kier molecular flexibility index (Phi) is 5.11. The Morgan fingerprint density at radius 1 is 1.29 bits per heavy atom. The number of amides is 2. The Morgan fingerprint density at radius 3 is 2.89 bits per heavy atom. The number of nitrogens with zero attached hydrogens (tertiary/aromatic N) is 2. The average molecular weight is 398 g/mol. The molecular weight excluding hydrogens is 374 g/mol. The van der Waals surface area contributed by atoms with Crippen LogP contribution in [0.5, 0.6) is 0 Å². The molecule has 146 valence electrons. The summed E-state index contributed by atoms with van der Waals surface area (Å²) in [6, 6.07) is 4.08. The van der Waals surface area contributed by atoms with Gasteiger partial charge in [0.15, 0.2) is 0 Å². The Hall–Kier alpha value is -2.40. The third kappa shape index (κ3) is 3.28. The minimum Gasteiger partial charge on any atom is -0.349 e. The molecule has 1 atom stereocenters. The molecule has 2 aromatic rings. The van der Waals surface area contributed by atoms with Gasteiger partial charge in [-0.1, -0.05) is 18.5 Å². The summed E-state index contributed by atoms with van der Waals surface area (Å²) in [6.45, 7) is 1.87. The summed E-state index contributed by atoms with van der Waals surface area (Å²) >= 11 is 6.59. The van der Waals surface area contributed by atoms with Crippen LogP contribution in [0, 0.1) is 0 Å². The Labute approximate surface area is 170 Å². The van der Waals surface area contributed by atoms with Crippen LogP contribution in [0.15, 0.2) is 24.5 Å². The molecule has 2 heterocycles. The smallest absolute Gasteiger partial charge is 0.227 e. The largest absolute Gasteiger partial charge is 0.349 e. The van der Waals surface area contributed by atoms with Crippen molar-refractivity contribution in [2.24, 2.45) is 0 Å². The number of rotatable bonds is 3. The van der Waals surface area contributed by atoms with Crippen molar-refractivity contribution in [2.45, 2.75) is 51.5 Å². The number of carbonyl (C=O) groups is 2. The molecule has 1 aliphatic heterocycles. The number of anilines is 1. The zero-order valence-electron chi connectivity index (χ0n) is 16.2. The third-order valence-electron chi connectivity index (χ3n) is 5.81. The predicted molar refractivity (Wildman–Crippen MR) is 111 cm³/mol. The van der Waals surface area contributed by atoms with Crippen molar-refractivity contribution in [3.63, 3.8) is 0 Å². The summed E-state index contributed by atoms with van der Waals surface area (Å²) in [5, 5.41) is 3.72. The molecule has 0 bridgehead atoms. The fourth-order valence-electron chi connectivity index (χ4n) is 4.33. The van der Waals surface area contributed by atoms with Gasteiger partial charge in [-0.15, -0.1) is 0 Å². The monoisotopic (exact) mass is 397 g/mol. The van der Waals surface area contributed by atoms with Crippen LogP contribution in [0.4, 0.5) is 5.69 Å². The Balaban J connectivity index is 1.77. The molecule has 0 unspecified atom stereocenters. The number of benzene rings is 1. The summed E-state index contributed by atoms with van der Waals surface area (Å²) in [6.07, 6.45) is 8.35. The minimum atomic E-state index is 0.0144. The molecule has 2 aliphatic rings. The van der Waals surface area contributed by atoms with Gasteiger partial charge in [-0.25, -0.2) is 0 Å². The number of carbonyl (C=O) groups excluding carboxylic acids is 2. The number of fused-ring (bicyclic) bond motifs is 2. The molecule has 1 aromatic heterocycles. The first kappa shape index (κ1) is 18.9. The van der Waals surface area contributed by atoms with Crippen LogP contribution in [0.1, 0.15) is 55.3 Å². The minimum absolute atomic E-state index is 0.0144. The topological polar surface area (TPSA) is 62.3 Å². The zero-order chi connectivity index (χ0) is 19.8. The fourth-order valence-corrected chi connectivity index (χ4v) is 4.69. The van der Waals surface area contributed by atoms with Gasteiger partial charge >= 0.3 is 0 Å². The molecule has 0 spiro atoms. The highest BCUT2D eigenvalue weighted by Crippen LogP contribution is 2.41. The van der Waals surface area contributed by atoms with E-state index in [2.05, 4.69) is 16.4 Å². The van der Waals surface area contributed by atoms with Gasteiger partial charge in [0, 0.05) is 37.8 Å². The standard InChI is InChI=1S/C22H24ClN3O2/c1-3-20(27)25-19-6-4-5-15-16(11-24-12-17(15)19)14-9-13-7-8-21(28)26(2)22(13)18(23)10-14/h9-12,19H,3-8H2,1-2H3,(H,25,27)/t19-/m1/s1. The first-order valence-electron chi connectivity index (χ1n) is 9.85. The maximum absolute atomic E-state index is 12.0. The van der Waals surface area contributed by atoms with Gasteiger partial charge in [-0.2, -0.15) is 0 Å². The lowest BCUT2D eigenvalue weighted by atomic mass is 9.84. The van der Waals surface area contributed by atoms with Crippen LogP contribution >= 0.6 is 11.6 Å². The van der Waals surface area contributed by atoms with E-state index in [1.54, 1.807) is 11.9 Å². The quantitative estimate of drug-likeness (QED) is 0.843. The van der Waals surface area contributed by atoms with Gasteiger partial charge in [-0.05, 0) is 60.1 Å². The summed E-state index contributed by atoms with van der Waals surface area (Å²) in [5.74, 6) is 0.156. The normalized spacial score (nSPS) is 18.5. The Bertz CT molecular complexity index is 957. The lowest BCUT2D eigenvalue weighted by molar-refractivity contribution is -0.121. The van der Waals surface area contributed by atoms with Crippen molar-refractivity contribution in [1.29, 1.82) is 0 Å². The number of hydrogen-bond acceptors (Lipinski definition) is 3. The van der Waals surface area contributed by atoms with Crippen LogP contribution in [0.25, 0.3) is 11.1 Å². The molecule has 28 heavy (non-hydrogen) atoms. The highest BCUT2D eigenvalue weighted by atomic mass is 35.5. The summed E-state index contributed by atoms with van der Waals surface area (Å²) in [7, 11) is 1.78. The van der Waals surface area contributed by atoms with E-state index in [-0.39, 0.29) is 17.9 Å². The molecular formula is C22H24ClN3O2. The van der Waals surface area contributed by atoms with Crippen molar-refractivity contribution in [3.8, 4) is 11.1 Å². The molecule has 1 aromatic carbocycles. The first-order chi connectivity index (χ1) is 13.5. The van der Waals surface area contributed by atoms with Gasteiger partial charge in [0.1, 0.15) is 0 Å².